The molecule has 0 spiro atoms. The predicted octanol–water partition coefficient (Wildman–Crippen LogP) is 0.519. The van der Waals surface area contributed by atoms with Gasteiger partial charge in [0, 0.05) is 16.8 Å². The molecular formula is C37H55Na2O6-. The molecule has 6 fully saturated rings. The minimum Gasteiger partial charge on any atom is -0.870 e. The smallest absolute Gasteiger partial charge is 0.870 e. The molecule has 242 valence electrons. The van der Waals surface area contributed by atoms with Crippen LogP contribution in [-0.2, 0) is 19.1 Å². The van der Waals surface area contributed by atoms with Crippen molar-refractivity contribution in [2.45, 2.75) is 125 Å². The van der Waals surface area contributed by atoms with Crippen LogP contribution in [0.1, 0.15) is 119 Å². The molecule has 8 heteroatoms. The Labute approximate surface area is 316 Å². The average molecular weight is 642 g/mol. The molecule has 0 aromatic heterocycles. The van der Waals surface area contributed by atoms with Gasteiger partial charge in [-0.05, 0) is 123 Å². The zero-order valence-electron chi connectivity index (χ0n) is 29.7. The molecule has 6 saturated carbocycles. The van der Waals surface area contributed by atoms with Gasteiger partial charge in [0.25, 0.3) is 0 Å². The number of esters is 1. The van der Waals surface area contributed by atoms with Gasteiger partial charge in [-0.2, -0.15) is 0 Å². The number of carboxylic acid groups (broad SMARTS) is 1. The summed E-state index contributed by atoms with van der Waals surface area (Å²) in [6.45, 7) is 20.2. The van der Waals surface area contributed by atoms with Gasteiger partial charge in [0.2, 0.25) is 0 Å². The van der Waals surface area contributed by atoms with Crippen LogP contribution >= 0.6 is 0 Å². The van der Waals surface area contributed by atoms with Gasteiger partial charge in [0.05, 0.1) is 5.92 Å². The van der Waals surface area contributed by atoms with Crippen LogP contribution in [0.15, 0.2) is 12.2 Å². The van der Waals surface area contributed by atoms with Crippen LogP contribution in [0.3, 0.4) is 0 Å². The van der Waals surface area contributed by atoms with Crippen LogP contribution in [0.25, 0.3) is 0 Å². The molecule has 0 bridgehead atoms. The molecular weight excluding hydrogens is 586 g/mol. The van der Waals surface area contributed by atoms with Gasteiger partial charge in [-0.15, -0.1) is 5.92 Å². The van der Waals surface area contributed by atoms with E-state index in [9.17, 15) is 19.5 Å². The number of aliphatic carboxylic acids is 1. The van der Waals surface area contributed by atoms with Crippen LogP contribution in [0.2, 0.25) is 0 Å². The Morgan fingerprint density at radius 3 is 2.02 bits per heavy atom. The van der Waals surface area contributed by atoms with Crippen molar-refractivity contribution in [2.24, 2.45) is 74.4 Å². The molecule has 6 nitrogen and oxygen atoms in total. The number of hydrogen-bond donors (Lipinski definition) is 0. The van der Waals surface area contributed by atoms with Crippen molar-refractivity contribution in [1.29, 1.82) is 0 Å². The van der Waals surface area contributed by atoms with Crippen molar-refractivity contribution < 1.29 is 88.8 Å². The minimum atomic E-state index is -0.808. The molecule has 0 saturated heterocycles. The van der Waals surface area contributed by atoms with E-state index in [-0.39, 0.29) is 116 Å². The van der Waals surface area contributed by atoms with E-state index in [4.69, 9.17) is 4.74 Å². The number of ether oxygens (including phenoxy) is 1. The zero-order chi connectivity index (χ0) is 30.6. The standard InChI is InChI=1S/C37H55O5.2Na.H2O/c1-21(2)23-11-17-37(32(40)41)18-12-25-24(30(23)37)9-10-28-35(25,7)15-13-27-34(5,6)29(14-16-36(27,28)8)42-31(39)26-19-22(20-38)33(26,3)4;;;/h22-30H,1,9-19H2,2-8H3,(H,40,41);;;1H2/q-1;2*+1;/p-2/t22-,23+,24?,25?,26+,27?,28?,29+,30?,35+,36+,37?;;;/m1.../s1. The van der Waals surface area contributed by atoms with E-state index in [1.54, 1.807) is 0 Å². The largest absolute Gasteiger partial charge is 1.00 e. The summed E-state index contributed by atoms with van der Waals surface area (Å²) in [6, 6.07) is 0. The van der Waals surface area contributed by atoms with E-state index < -0.39 is 11.4 Å². The fraction of sp³-hybridized carbons (Fsp3) is 0.865. The number of allylic oxidation sites excluding steroid dienone is 1. The molecule has 0 aromatic carbocycles. The Hall–Kier alpha value is 0.310. The molecule has 6 rings (SSSR count). The van der Waals surface area contributed by atoms with E-state index in [0.29, 0.717) is 36.0 Å². The van der Waals surface area contributed by atoms with Gasteiger partial charge in [-0.1, -0.05) is 60.1 Å². The molecule has 45 heavy (non-hydrogen) atoms. The van der Waals surface area contributed by atoms with E-state index in [0.717, 1.165) is 63.4 Å². The summed E-state index contributed by atoms with van der Waals surface area (Å²) < 4.78 is 6.36. The summed E-state index contributed by atoms with van der Waals surface area (Å²) in [5.74, 6) is 1.17. The van der Waals surface area contributed by atoms with Crippen molar-refractivity contribution >= 4 is 18.2 Å². The maximum atomic E-state index is 13.4. The maximum Gasteiger partial charge on any atom is 1.00 e. The van der Waals surface area contributed by atoms with Crippen LogP contribution in [0.4, 0.5) is 0 Å². The number of carboxylic acids is 1. The summed E-state index contributed by atoms with van der Waals surface area (Å²) >= 11 is 0. The fourth-order valence-electron chi connectivity index (χ4n) is 13.1. The summed E-state index contributed by atoms with van der Waals surface area (Å²) in [4.78, 5) is 37.4. The summed E-state index contributed by atoms with van der Waals surface area (Å²) in [7, 11) is 0. The second-order valence-electron chi connectivity index (χ2n) is 17.6. The molecule has 1 N–H and O–H groups in total. The molecule has 0 heterocycles. The van der Waals surface area contributed by atoms with Gasteiger partial charge in [0.1, 0.15) is 6.10 Å². The number of rotatable bonds is 5. The monoisotopic (exact) mass is 641 g/mol. The SMILES string of the molecule is C=C(C)[C@@H]1CCC2(C(=O)[O-])CCC3C(CCC4[C@@]3(C)CCC3C(C)(C)[C@@H](OC(=O)[C@@H]5C[C@H]([C-]=O)C5(C)C)CC[C@@]34C)C12.[Na+].[Na+].[OH-]. The normalized spacial score (nSPS) is 46.8. The molecule has 6 aliphatic carbocycles. The van der Waals surface area contributed by atoms with Crippen LogP contribution in [-0.4, -0.2) is 29.8 Å². The number of hydrogen-bond acceptors (Lipinski definition) is 6. The van der Waals surface area contributed by atoms with Crippen molar-refractivity contribution in [3.05, 3.63) is 12.2 Å². The quantitative estimate of drug-likeness (QED) is 0.187. The third-order valence-electron chi connectivity index (χ3n) is 15.5. The second kappa shape index (κ2) is 13.2. The van der Waals surface area contributed by atoms with Crippen LogP contribution in [0, 0.1) is 74.4 Å². The Bertz CT molecular complexity index is 1180. The van der Waals surface area contributed by atoms with E-state index >= 15 is 0 Å². The third kappa shape index (κ3) is 5.57. The van der Waals surface area contributed by atoms with Gasteiger partial charge < -0.3 is 24.9 Å². The average Bonchev–Trinajstić information content (AvgIpc) is 3.32. The third-order valence-corrected chi connectivity index (χ3v) is 15.5. The first-order valence-corrected chi connectivity index (χ1v) is 17.0. The molecule has 6 unspecified atom stereocenters. The topological polar surface area (TPSA) is 114 Å². The molecule has 0 radical (unpaired) electrons. The second-order valence-corrected chi connectivity index (χ2v) is 17.6. The van der Waals surface area contributed by atoms with Gasteiger partial charge in [0.15, 0.2) is 0 Å². The number of carbonyl (C=O) groups is 2. The van der Waals surface area contributed by atoms with Gasteiger partial charge in [-0.25, -0.2) is 0 Å². The number of carbonyl (C=O) groups excluding carboxylic acids is 3. The van der Waals surface area contributed by atoms with E-state index in [1.165, 1.54) is 6.42 Å². The van der Waals surface area contributed by atoms with Crippen molar-refractivity contribution in [3.63, 3.8) is 0 Å². The Morgan fingerprint density at radius 2 is 1.44 bits per heavy atom. The molecule has 0 aliphatic heterocycles. The van der Waals surface area contributed by atoms with Gasteiger partial charge >= 0.3 is 65.1 Å². The van der Waals surface area contributed by atoms with Gasteiger partial charge in [-0.3, -0.25) is 11.1 Å². The van der Waals surface area contributed by atoms with Crippen molar-refractivity contribution in [2.75, 3.05) is 0 Å². The molecule has 6 aliphatic rings. The fourth-order valence-corrected chi connectivity index (χ4v) is 13.1. The molecule has 0 amide bonds. The molecule has 12 atom stereocenters. The number of fused-ring (bicyclic) bond motifs is 7. The van der Waals surface area contributed by atoms with E-state index in [2.05, 4.69) is 47.5 Å². The minimum absolute atomic E-state index is 0. The maximum absolute atomic E-state index is 13.4. The summed E-state index contributed by atoms with van der Waals surface area (Å²) in [6.07, 6.45) is 12.6. The summed E-state index contributed by atoms with van der Waals surface area (Å²) in [5, 5.41) is 12.7. The Balaban J connectivity index is 0.00000184. The summed E-state index contributed by atoms with van der Waals surface area (Å²) in [5.41, 5.74) is 0.352. The van der Waals surface area contributed by atoms with E-state index in [1.807, 2.05) is 13.8 Å². The first kappa shape index (κ1) is 39.7. The Kier molecular flexibility index (Phi) is 11.7. The van der Waals surface area contributed by atoms with Crippen LogP contribution < -0.4 is 64.2 Å². The van der Waals surface area contributed by atoms with Crippen molar-refractivity contribution in [1.82, 2.24) is 0 Å². The molecule has 0 aromatic rings. The predicted molar refractivity (Wildman–Crippen MR) is 162 cm³/mol. The van der Waals surface area contributed by atoms with Crippen molar-refractivity contribution in [3.8, 4) is 0 Å². The van der Waals surface area contributed by atoms with Crippen LogP contribution in [0.5, 0.6) is 0 Å². The zero-order valence-corrected chi connectivity index (χ0v) is 33.7. The first-order chi connectivity index (χ1) is 19.6. The Morgan fingerprint density at radius 1 is 0.822 bits per heavy atom. The first-order valence-electron chi connectivity index (χ1n) is 17.0.